The molecule has 1 aromatic heterocycles. The number of nitrogens with zero attached hydrogens (tertiary/aromatic N) is 4. The number of aromatic nitrogens is 3. The fourth-order valence-electron chi connectivity index (χ4n) is 3.56. The van der Waals surface area contributed by atoms with Gasteiger partial charge in [-0.1, -0.05) is 11.8 Å². The summed E-state index contributed by atoms with van der Waals surface area (Å²) in [5.74, 6) is 1.40. The molecular weight excluding hydrogens is 454 g/mol. The fraction of sp³-hybridized carbons (Fsp3) is 0.550. The van der Waals surface area contributed by atoms with Crippen molar-refractivity contribution in [1.82, 2.24) is 19.1 Å². The van der Waals surface area contributed by atoms with Crippen molar-refractivity contribution in [3.8, 4) is 5.75 Å². The minimum Gasteiger partial charge on any atom is -0.497 e. The number of hydrogen-bond acceptors (Lipinski definition) is 8. The van der Waals surface area contributed by atoms with E-state index in [9.17, 15) is 13.2 Å². The van der Waals surface area contributed by atoms with Gasteiger partial charge in [-0.3, -0.25) is 4.79 Å². The molecule has 1 saturated heterocycles. The molecule has 0 unspecified atom stereocenters. The Morgan fingerprint density at radius 3 is 2.66 bits per heavy atom. The van der Waals surface area contributed by atoms with Crippen LogP contribution < -0.4 is 10.1 Å². The second kappa shape index (κ2) is 11.1. The molecule has 0 spiro atoms. The van der Waals surface area contributed by atoms with Gasteiger partial charge < -0.3 is 19.4 Å². The van der Waals surface area contributed by atoms with E-state index in [0.717, 1.165) is 18.7 Å². The van der Waals surface area contributed by atoms with Crippen LogP contribution in [0, 0.1) is 0 Å². The fourth-order valence-corrected chi connectivity index (χ4v) is 5.24. The lowest BCUT2D eigenvalue weighted by atomic mass is 9.99. The SMILES string of the molecule is COCCn1c(SCC(=O)Nc2ccc(OC)cc2)nnc1[C@@H]1CCCN(S(C)(=O)=O)C1. The number of amides is 1. The zero-order chi connectivity index (χ0) is 23.1. The zero-order valence-electron chi connectivity index (χ0n) is 18.5. The number of rotatable bonds is 10. The lowest BCUT2D eigenvalue weighted by molar-refractivity contribution is -0.113. The van der Waals surface area contributed by atoms with E-state index in [4.69, 9.17) is 9.47 Å². The van der Waals surface area contributed by atoms with Gasteiger partial charge >= 0.3 is 0 Å². The predicted molar refractivity (Wildman–Crippen MR) is 123 cm³/mol. The first-order chi connectivity index (χ1) is 15.3. The van der Waals surface area contributed by atoms with Gasteiger partial charge in [-0.05, 0) is 37.1 Å². The van der Waals surface area contributed by atoms with Gasteiger partial charge in [-0.25, -0.2) is 12.7 Å². The summed E-state index contributed by atoms with van der Waals surface area (Å²) in [6.07, 6.45) is 2.83. The van der Waals surface area contributed by atoms with Crippen LogP contribution in [0.3, 0.4) is 0 Å². The van der Waals surface area contributed by atoms with E-state index in [1.807, 2.05) is 4.57 Å². The first kappa shape index (κ1) is 24.5. The number of thioether (sulfide) groups is 1. The summed E-state index contributed by atoms with van der Waals surface area (Å²) in [6, 6.07) is 7.11. The quantitative estimate of drug-likeness (QED) is 0.509. The normalized spacial score (nSPS) is 17.3. The van der Waals surface area contributed by atoms with Gasteiger partial charge in [0, 0.05) is 38.3 Å². The van der Waals surface area contributed by atoms with Crippen LogP contribution >= 0.6 is 11.8 Å². The third-order valence-corrected chi connectivity index (χ3v) is 7.43. The van der Waals surface area contributed by atoms with Gasteiger partial charge in [0.25, 0.3) is 0 Å². The minimum absolute atomic E-state index is 0.0506. The van der Waals surface area contributed by atoms with Crippen LogP contribution in [0.4, 0.5) is 5.69 Å². The zero-order valence-corrected chi connectivity index (χ0v) is 20.1. The summed E-state index contributed by atoms with van der Waals surface area (Å²) in [4.78, 5) is 12.4. The molecule has 1 amide bonds. The Hall–Kier alpha value is -2.15. The lowest BCUT2D eigenvalue weighted by Crippen LogP contribution is -2.39. The molecule has 1 N–H and O–H groups in total. The highest BCUT2D eigenvalue weighted by molar-refractivity contribution is 7.99. The van der Waals surface area contributed by atoms with E-state index in [1.54, 1.807) is 38.5 Å². The van der Waals surface area contributed by atoms with E-state index in [1.165, 1.54) is 22.3 Å². The van der Waals surface area contributed by atoms with Gasteiger partial charge in [-0.2, -0.15) is 0 Å². The van der Waals surface area contributed by atoms with E-state index in [0.29, 0.717) is 42.8 Å². The van der Waals surface area contributed by atoms with Crippen LogP contribution in [0.15, 0.2) is 29.4 Å². The van der Waals surface area contributed by atoms with Crippen molar-refractivity contribution < 1.29 is 22.7 Å². The molecule has 3 rings (SSSR count). The van der Waals surface area contributed by atoms with Crippen LogP contribution in [0.25, 0.3) is 0 Å². The Balaban J connectivity index is 1.68. The first-order valence-electron chi connectivity index (χ1n) is 10.3. The molecule has 0 aliphatic carbocycles. The molecule has 176 valence electrons. The van der Waals surface area contributed by atoms with Crippen LogP contribution in [0.1, 0.15) is 24.6 Å². The average Bonchev–Trinajstić information content (AvgIpc) is 3.19. The number of carbonyl (C=O) groups excluding carboxylic acids is 1. The number of benzene rings is 1. The van der Waals surface area contributed by atoms with Crippen molar-refractivity contribution in [3.05, 3.63) is 30.1 Å². The summed E-state index contributed by atoms with van der Waals surface area (Å²) in [6.45, 7) is 1.89. The Morgan fingerprint density at radius 1 is 1.25 bits per heavy atom. The molecule has 1 aliphatic heterocycles. The van der Waals surface area contributed by atoms with Crippen molar-refractivity contribution in [2.75, 3.05) is 51.2 Å². The van der Waals surface area contributed by atoms with Crippen LogP contribution in [0.2, 0.25) is 0 Å². The first-order valence-corrected chi connectivity index (χ1v) is 13.1. The molecule has 10 nitrogen and oxygen atoms in total. The third kappa shape index (κ3) is 6.44. The van der Waals surface area contributed by atoms with Crippen molar-refractivity contribution in [2.24, 2.45) is 0 Å². The van der Waals surface area contributed by atoms with Crippen molar-refractivity contribution in [1.29, 1.82) is 0 Å². The Morgan fingerprint density at radius 2 is 2.00 bits per heavy atom. The number of ether oxygens (including phenoxy) is 2. The molecule has 1 atom stereocenters. The summed E-state index contributed by atoms with van der Waals surface area (Å²) in [5, 5.41) is 12.1. The van der Waals surface area contributed by atoms with E-state index >= 15 is 0 Å². The Kier molecular flexibility index (Phi) is 8.51. The molecule has 12 heteroatoms. The van der Waals surface area contributed by atoms with E-state index in [-0.39, 0.29) is 17.6 Å². The highest BCUT2D eigenvalue weighted by Crippen LogP contribution is 2.29. The van der Waals surface area contributed by atoms with Crippen molar-refractivity contribution >= 4 is 33.4 Å². The molecule has 1 aromatic carbocycles. The van der Waals surface area contributed by atoms with Crippen molar-refractivity contribution in [3.63, 3.8) is 0 Å². The standard InChI is InChI=1S/C20H29N5O5S2/c1-29-12-11-25-19(15-5-4-10-24(13-15)32(3,27)28)22-23-20(25)31-14-18(26)21-16-6-8-17(30-2)9-7-16/h6-9,15H,4-5,10-14H2,1-3H3,(H,21,26)/t15-/m1/s1. The number of hydrogen-bond donors (Lipinski definition) is 1. The number of anilines is 1. The minimum atomic E-state index is -3.26. The Bertz CT molecular complexity index is 1010. The predicted octanol–water partition coefficient (Wildman–Crippen LogP) is 1.80. The number of piperidine rings is 1. The molecule has 2 heterocycles. The maximum atomic E-state index is 12.4. The number of sulfonamides is 1. The van der Waals surface area contributed by atoms with E-state index < -0.39 is 10.0 Å². The average molecular weight is 484 g/mol. The monoisotopic (exact) mass is 483 g/mol. The van der Waals surface area contributed by atoms with Gasteiger partial charge in [0.15, 0.2) is 5.16 Å². The smallest absolute Gasteiger partial charge is 0.234 e. The second-order valence-electron chi connectivity index (χ2n) is 7.51. The highest BCUT2D eigenvalue weighted by atomic mass is 32.2. The topological polar surface area (TPSA) is 116 Å². The molecular formula is C20H29N5O5S2. The highest BCUT2D eigenvalue weighted by Gasteiger charge is 2.30. The van der Waals surface area contributed by atoms with Gasteiger partial charge in [0.1, 0.15) is 11.6 Å². The molecule has 2 aromatic rings. The molecule has 1 aliphatic rings. The second-order valence-corrected chi connectivity index (χ2v) is 10.4. The number of methoxy groups -OCH3 is 2. The molecule has 0 radical (unpaired) electrons. The Labute approximate surface area is 192 Å². The molecule has 32 heavy (non-hydrogen) atoms. The van der Waals surface area contributed by atoms with E-state index in [2.05, 4.69) is 15.5 Å². The largest absolute Gasteiger partial charge is 0.497 e. The molecule has 0 bridgehead atoms. The summed E-state index contributed by atoms with van der Waals surface area (Å²) in [5.41, 5.74) is 0.681. The molecule has 1 fully saturated rings. The lowest BCUT2D eigenvalue weighted by Gasteiger charge is -2.30. The molecule has 0 saturated carbocycles. The van der Waals surface area contributed by atoms with Crippen LogP contribution in [0.5, 0.6) is 5.75 Å². The van der Waals surface area contributed by atoms with Gasteiger partial charge in [0.05, 0.1) is 25.7 Å². The number of carbonyl (C=O) groups is 1. The third-order valence-electron chi connectivity index (χ3n) is 5.19. The van der Waals surface area contributed by atoms with Gasteiger partial charge in [0.2, 0.25) is 15.9 Å². The van der Waals surface area contributed by atoms with Crippen LogP contribution in [-0.4, -0.2) is 79.3 Å². The summed E-state index contributed by atoms with van der Waals surface area (Å²) < 4.78 is 37.8. The van der Waals surface area contributed by atoms with Crippen molar-refractivity contribution in [2.45, 2.75) is 30.5 Å². The summed E-state index contributed by atoms with van der Waals surface area (Å²) in [7, 11) is -0.0566. The number of nitrogens with one attached hydrogen (secondary N) is 1. The summed E-state index contributed by atoms with van der Waals surface area (Å²) >= 11 is 1.29. The van der Waals surface area contributed by atoms with Gasteiger partial charge in [-0.15, -0.1) is 10.2 Å². The van der Waals surface area contributed by atoms with Crippen LogP contribution in [-0.2, 0) is 26.1 Å². The maximum Gasteiger partial charge on any atom is 0.234 e. The maximum absolute atomic E-state index is 12.4.